The van der Waals surface area contributed by atoms with Crippen LogP contribution in [-0.4, -0.2) is 33.9 Å². The van der Waals surface area contributed by atoms with Crippen LogP contribution in [0.15, 0.2) is 41.1 Å². The summed E-state index contributed by atoms with van der Waals surface area (Å²) in [5, 5.41) is 4.84. The number of hydrogen-bond acceptors (Lipinski definition) is 6. The van der Waals surface area contributed by atoms with Crippen LogP contribution in [0.5, 0.6) is 5.75 Å². The molecule has 9 heteroatoms. The van der Waals surface area contributed by atoms with Crippen molar-refractivity contribution >= 4 is 21.9 Å². The highest BCUT2D eigenvalue weighted by Gasteiger charge is 2.21. The number of halogens is 2. The number of ether oxygens (including phenoxy) is 2. The number of methoxy groups -OCH3 is 2. The second-order valence-corrected chi connectivity index (χ2v) is 8.04. The molecule has 0 aliphatic rings. The second-order valence-electron chi connectivity index (χ2n) is 8.04. The van der Waals surface area contributed by atoms with E-state index in [1.54, 1.807) is 20.4 Å². The summed E-state index contributed by atoms with van der Waals surface area (Å²) >= 11 is 0. The molecule has 7 nitrogen and oxygen atoms in total. The number of nitrogens with zero attached hydrogens (tertiary/aromatic N) is 4. The molecule has 0 aliphatic carbocycles. The standard InChI is InChI=1S/C25H22F2N4O3/c1-13-24(14(2)34-30-13)18-8-20-17(9-22(18)33-4)25-21(10-28-20)29-23(12-32-3)31(25)11-15-5-6-16(26)7-19(15)27/h5-10H,11-12H2,1-4H3. The van der Waals surface area contributed by atoms with Crippen LogP contribution in [0, 0.1) is 25.5 Å². The molecule has 5 rings (SSSR count). The van der Waals surface area contributed by atoms with Gasteiger partial charge in [0.1, 0.15) is 41.1 Å². The fourth-order valence-electron chi connectivity index (χ4n) is 4.35. The topological polar surface area (TPSA) is 75.2 Å². The van der Waals surface area contributed by atoms with E-state index in [2.05, 4.69) is 15.1 Å². The minimum absolute atomic E-state index is 0.147. The van der Waals surface area contributed by atoms with Gasteiger partial charge in [-0.05, 0) is 32.0 Å². The number of hydrogen-bond donors (Lipinski definition) is 0. The summed E-state index contributed by atoms with van der Waals surface area (Å²) < 4.78 is 46.3. The Kier molecular flexibility index (Phi) is 5.49. The molecule has 0 saturated carbocycles. The Labute approximate surface area is 193 Å². The molecule has 0 atom stereocenters. The summed E-state index contributed by atoms with van der Waals surface area (Å²) in [6.07, 6.45) is 1.68. The number of pyridine rings is 1. The van der Waals surface area contributed by atoms with Gasteiger partial charge in [0, 0.05) is 29.7 Å². The number of aromatic nitrogens is 4. The van der Waals surface area contributed by atoms with Crippen molar-refractivity contribution in [2.75, 3.05) is 14.2 Å². The molecule has 0 bridgehead atoms. The average molecular weight is 464 g/mol. The Balaban J connectivity index is 1.77. The van der Waals surface area contributed by atoms with Crippen molar-refractivity contribution in [1.82, 2.24) is 19.7 Å². The van der Waals surface area contributed by atoms with Crippen molar-refractivity contribution < 1.29 is 22.8 Å². The lowest BCUT2D eigenvalue weighted by atomic mass is 10.0. The first-order valence-corrected chi connectivity index (χ1v) is 10.6. The lowest BCUT2D eigenvalue weighted by molar-refractivity contribution is 0.175. The maximum Gasteiger partial charge on any atom is 0.141 e. The zero-order valence-electron chi connectivity index (χ0n) is 19.1. The van der Waals surface area contributed by atoms with E-state index in [1.807, 2.05) is 30.5 Å². The number of aryl methyl sites for hydroxylation is 2. The van der Waals surface area contributed by atoms with Crippen LogP contribution < -0.4 is 4.74 Å². The molecule has 5 aromatic rings. The molecule has 174 valence electrons. The van der Waals surface area contributed by atoms with E-state index >= 15 is 0 Å². The van der Waals surface area contributed by atoms with Gasteiger partial charge in [-0.2, -0.15) is 0 Å². The van der Waals surface area contributed by atoms with Crippen LogP contribution >= 0.6 is 0 Å². The SMILES string of the molecule is COCc1nc2cnc3cc(-c4c(C)noc4C)c(OC)cc3c2n1Cc1ccc(F)cc1F. The quantitative estimate of drug-likeness (QED) is 0.338. The Hall–Kier alpha value is -3.85. The van der Waals surface area contributed by atoms with Gasteiger partial charge in [0.2, 0.25) is 0 Å². The Bertz CT molecular complexity index is 1520. The first-order valence-electron chi connectivity index (χ1n) is 10.6. The molecule has 34 heavy (non-hydrogen) atoms. The maximum atomic E-state index is 14.5. The van der Waals surface area contributed by atoms with E-state index in [0.717, 1.165) is 33.8 Å². The van der Waals surface area contributed by atoms with Crippen LogP contribution in [-0.2, 0) is 17.9 Å². The summed E-state index contributed by atoms with van der Waals surface area (Å²) in [5.74, 6) is 0.645. The van der Waals surface area contributed by atoms with Crippen molar-refractivity contribution in [2.45, 2.75) is 27.0 Å². The van der Waals surface area contributed by atoms with Crippen molar-refractivity contribution in [1.29, 1.82) is 0 Å². The molecule has 3 aromatic heterocycles. The smallest absolute Gasteiger partial charge is 0.141 e. The van der Waals surface area contributed by atoms with Crippen molar-refractivity contribution in [3.05, 3.63) is 71.0 Å². The molecule has 0 N–H and O–H groups in total. The molecule has 2 aromatic carbocycles. The Morgan fingerprint density at radius 2 is 1.88 bits per heavy atom. The predicted molar refractivity (Wildman–Crippen MR) is 123 cm³/mol. The molecular formula is C25H22F2N4O3. The van der Waals surface area contributed by atoms with E-state index in [1.165, 1.54) is 12.1 Å². The molecule has 0 aliphatic heterocycles. The van der Waals surface area contributed by atoms with Gasteiger partial charge in [-0.25, -0.2) is 13.8 Å². The Morgan fingerprint density at radius 1 is 1.06 bits per heavy atom. The van der Waals surface area contributed by atoms with Crippen LogP contribution in [0.25, 0.3) is 33.1 Å². The molecule has 0 fully saturated rings. The molecule has 0 saturated heterocycles. The third kappa shape index (κ3) is 3.58. The highest BCUT2D eigenvalue weighted by atomic mass is 19.1. The zero-order chi connectivity index (χ0) is 24.0. The van der Waals surface area contributed by atoms with Gasteiger partial charge in [0.15, 0.2) is 0 Å². The van der Waals surface area contributed by atoms with Gasteiger partial charge in [0.25, 0.3) is 0 Å². The van der Waals surface area contributed by atoms with Crippen molar-refractivity contribution in [2.24, 2.45) is 0 Å². The molecule has 3 heterocycles. The predicted octanol–water partition coefficient (Wildman–Crippen LogP) is 5.34. The molecule has 0 spiro atoms. The summed E-state index contributed by atoms with van der Waals surface area (Å²) in [6.45, 7) is 4.08. The highest BCUT2D eigenvalue weighted by molar-refractivity contribution is 6.05. The van der Waals surface area contributed by atoms with E-state index in [9.17, 15) is 8.78 Å². The maximum absolute atomic E-state index is 14.5. The van der Waals surface area contributed by atoms with Crippen LogP contribution in [0.3, 0.4) is 0 Å². The summed E-state index contributed by atoms with van der Waals surface area (Å²) in [5.41, 5.74) is 4.83. The number of imidazole rings is 1. The van der Waals surface area contributed by atoms with Gasteiger partial charge < -0.3 is 18.6 Å². The van der Waals surface area contributed by atoms with Gasteiger partial charge in [-0.3, -0.25) is 4.98 Å². The molecule has 0 amide bonds. The van der Waals surface area contributed by atoms with Gasteiger partial charge >= 0.3 is 0 Å². The van der Waals surface area contributed by atoms with E-state index in [-0.39, 0.29) is 13.2 Å². The fourth-order valence-corrected chi connectivity index (χ4v) is 4.35. The number of fused-ring (bicyclic) bond motifs is 3. The fraction of sp³-hybridized carbons (Fsp3) is 0.240. The molecular weight excluding hydrogens is 442 g/mol. The summed E-state index contributed by atoms with van der Waals surface area (Å²) in [6, 6.07) is 7.37. The first-order chi connectivity index (χ1) is 16.4. The van der Waals surface area contributed by atoms with Gasteiger partial charge in [-0.1, -0.05) is 11.2 Å². The van der Waals surface area contributed by atoms with E-state index in [0.29, 0.717) is 33.9 Å². The van der Waals surface area contributed by atoms with Crippen LogP contribution in [0.4, 0.5) is 8.78 Å². The molecule has 0 radical (unpaired) electrons. The summed E-state index contributed by atoms with van der Waals surface area (Å²) in [4.78, 5) is 9.28. The summed E-state index contributed by atoms with van der Waals surface area (Å²) in [7, 11) is 3.16. The van der Waals surface area contributed by atoms with Crippen molar-refractivity contribution in [3.63, 3.8) is 0 Å². The van der Waals surface area contributed by atoms with Crippen LogP contribution in [0.1, 0.15) is 22.8 Å². The normalized spacial score (nSPS) is 11.6. The third-order valence-corrected chi connectivity index (χ3v) is 5.89. The van der Waals surface area contributed by atoms with E-state index < -0.39 is 11.6 Å². The van der Waals surface area contributed by atoms with Gasteiger partial charge in [-0.15, -0.1) is 0 Å². The average Bonchev–Trinajstić information content (AvgIpc) is 3.33. The third-order valence-electron chi connectivity index (χ3n) is 5.89. The van der Waals surface area contributed by atoms with Crippen LogP contribution in [0.2, 0.25) is 0 Å². The molecule has 0 unspecified atom stereocenters. The Morgan fingerprint density at radius 3 is 2.56 bits per heavy atom. The highest BCUT2D eigenvalue weighted by Crippen LogP contribution is 2.39. The number of rotatable bonds is 6. The largest absolute Gasteiger partial charge is 0.496 e. The lowest BCUT2D eigenvalue weighted by Crippen LogP contribution is -2.08. The monoisotopic (exact) mass is 464 g/mol. The lowest BCUT2D eigenvalue weighted by Gasteiger charge is -2.13. The number of benzene rings is 2. The minimum Gasteiger partial charge on any atom is -0.496 e. The van der Waals surface area contributed by atoms with Crippen molar-refractivity contribution in [3.8, 4) is 16.9 Å². The second kappa shape index (κ2) is 8.49. The van der Waals surface area contributed by atoms with E-state index in [4.69, 9.17) is 14.0 Å². The van der Waals surface area contributed by atoms with Gasteiger partial charge in [0.05, 0.1) is 42.1 Å². The zero-order valence-corrected chi connectivity index (χ0v) is 19.1. The first kappa shape index (κ1) is 22.0. The minimum atomic E-state index is -0.625.